The number of anilines is 1. The molecule has 1 fully saturated rings. The van der Waals surface area contributed by atoms with Crippen LogP contribution >= 0.6 is 0 Å². The molecule has 0 bridgehead atoms. The smallest absolute Gasteiger partial charge is 0.240 e. The highest BCUT2D eigenvalue weighted by Gasteiger charge is 2.31. The summed E-state index contributed by atoms with van der Waals surface area (Å²) in [5.41, 5.74) is 2.94. The van der Waals surface area contributed by atoms with Gasteiger partial charge in [-0.2, -0.15) is 0 Å². The lowest BCUT2D eigenvalue weighted by Gasteiger charge is -2.18. The highest BCUT2D eigenvalue weighted by molar-refractivity contribution is 5.97. The summed E-state index contributed by atoms with van der Waals surface area (Å²) in [6.45, 7) is 2.65. The van der Waals surface area contributed by atoms with Crippen LogP contribution in [0, 0.1) is 6.92 Å². The molecule has 0 aliphatic carbocycles. The molecule has 4 rings (SSSR count). The average Bonchev–Trinajstić information content (AvgIpc) is 3.28. The van der Waals surface area contributed by atoms with Crippen molar-refractivity contribution in [2.24, 2.45) is 0 Å². The summed E-state index contributed by atoms with van der Waals surface area (Å²) in [6.07, 6.45) is 3.80. The van der Waals surface area contributed by atoms with Crippen molar-refractivity contribution in [3.8, 4) is 11.4 Å². The summed E-state index contributed by atoms with van der Waals surface area (Å²) in [6, 6.07) is 17.4. The first-order valence-electron chi connectivity index (χ1n) is 9.33. The minimum atomic E-state index is -0.191. The van der Waals surface area contributed by atoms with Crippen molar-refractivity contribution in [3.05, 3.63) is 72.6 Å². The number of hydrogen-bond donors (Lipinski definition) is 1. The third kappa shape index (κ3) is 3.81. The quantitative estimate of drug-likeness (QED) is 0.747. The van der Waals surface area contributed by atoms with Crippen molar-refractivity contribution < 1.29 is 9.59 Å². The van der Waals surface area contributed by atoms with Gasteiger partial charge in [0.05, 0.1) is 6.04 Å². The Balaban J connectivity index is 1.40. The van der Waals surface area contributed by atoms with Crippen molar-refractivity contribution in [3.63, 3.8) is 0 Å². The first-order valence-corrected chi connectivity index (χ1v) is 9.33. The van der Waals surface area contributed by atoms with Crippen molar-refractivity contribution in [2.75, 3.05) is 11.4 Å². The normalized spacial score (nSPS) is 16.4. The number of carbonyl (C=O) groups is 2. The maximum Gasteiger partial charge on any atom is 0.240 e. The van der Waals surface area contributed by atoms with E-state index in [0.717, 1.165) is 22.6 Å². The van der Waals surface area contributed by atoms with Gasteiger partial charge >= 0.3 is 0 Å². The molecule has 0 radical (unpaired) electrons. The highest BCUT2D eigenvalue weighted by atomic mass is 16.2. The van der Waals surface area contributed by atoms with Crippen LogP contribution in [-0.2, 0) is 16.1 Å². The van der Waals surface area contributed by atoms with Crippen LogP contribution in [0.15, 0.2) is 67.0 Å². The van der Waals surface area contributed by atoms with Gasteiger partial charge in [0.1, 0.15) is 12.4 Å². The Morgan fingerprint density at radius 1 is 1.18 bits per heavy atom. The van der Waals surface area contributed by atoms with Gasteiger partial charge in [0.25, 0.3) is 0 Å². The Labute approximate surface area is 163 Å². The predicted molar refractivity (Wildman–Crippen MR) is 108 cm³/mol. The van der Waals surface area contributed by atoms with Gasteiger partial charge in [-0.3, -0.25) is 9.59 Å². The van der Waals surface area contributed by atoms with E-state index in [1.165, 1.54) is 0 Å². The second-order valence-corrected chi connectivity index (χ2v) is 7.06. The van der Waals surface area contributed by atoms with Crippen molar-refractivity contribution in [1.82, 2.24) is 14.9 Å². The number of aryl methyl sites for hydroxylation is 1. The van der Waals surface area contributed by atoms with E-state index in [2.05, 4.69) is 10.3 Å². The van der Waals surface area contributed by atoms with E-state index in [-0.39, 0.29) is 24.4 Å². The van der Waals surface area contributed by atoms with Crippen LogP contribution < -0.4 is 10.2 Å². The number of carbonyl (C=O) groups excluding carboxylic acids is 2. The maximum atomic E-state index is 12.6. The van der Waals surface area contributed by atoms with Crippen molar-refractivity contribution in [1.29, 1.82) is 0 Å². The summed E-state index contributed by atoms with van der Waals surface area (Å²) < 4.78 is 1.82. The Hall–Kier alpha value is -3.41. The van der Waals surface area contributed by atoms with Gasteiger partial charge in [-0.25, -0.2) is 4.98 Å². The predicted octanol–water partition coefficient (Wildman–Crippen LogP) is 2.78. The molecular formula is C22H22N4O2. The molecular weight excluding hydrogens is 352 g/mol. The molecule has 2 amide bonds. The van der Waals surface area contributed by atoms with E-state index >= 15 is 0 Å². The topological polar surface area (TPSA) is 67.2 Å². The zero-order valence-electron chi connectivity index (χ0n) is 15.7. The summed E-state index contributed by atoms with van der Waals surface area (Å²) >= 11 is 0. The van der Waals surface area contributed by atoms with Gasteiger partial charge in [-0.05, 0) is 24.6 Å². The third-order valence-corrected chi connectivity index (χ3v) is 4.86. The lowest BCUT2D eigenvalue weighted by atomic mass is 10.2. The van der Waals surface area contributed by atoms with E-state index in [0.29, 0.717) is 13.0 Å². The molecule has 0 spiro atoms. The molecule has 0 saturated carbocycles. The van der Waals surface area contributed by atoms with Gasteiger partial charge in [0.2, 0.25) is 11.8 Å². The molecule has 1 aliphatic rings. The zero-order valence-corrected chi connectivity index (χ0v) is 15.7. The molecule has 2 aromatic carbocycles. The molecule has 28 heavy (non-hydrogen) atoms. The second-order valence-electron chi connectivity index (χ2n) is 7.06. The van der Waals surface area contributed by atoms with Crippen molar-refractivity contribution >= 4 is 17.5 Å². The van der Waals surface area contributed by atoms with Gasteiger partial charge in [0, 0.05) is 36.6 Å². The molecule has 1 atom stereocenters. The Morgan fingerprint density at radius 3 is 2.79 bits per heavy atom. The van der Waals surface area contributed by atoms with E-state index in [9.17, 15) is 9.59 Å². The standard InChI is InChI=1S/C22H22N4O2/c1-16-6-5-9-19(12-16)26-14-18(13-21(26)28)24-20(27)15-25-11-10-23-22(25)17-7-3-2-4-8-17/h2-12,18H,13-15H2,1H3,(H,24,27)/t18-/m0/s1. The second kappa shape index (κ2) is 7.68. The number of benzene rings is 2. The summed E-state index contributed by atoms with van der Waals surface area (Å²) in [5.74, 6) is 0.655. The minimum absolute atomic E-state index is 0.0310. The fraction of sp³-hybridized carbons (Fsp3) is 0.227. The van der Waals surface area contributed by atoms with E-state index in [1.54, 1.807) is 17.3 Å². The molecule has 1 N–H and O–H groups in total. The monoisotopic (exact) mass is 374 g/mol. The average molecular weight is 374 g/mol. The first-order chi connectivity index (χ1) is 13.6. The number of imidazole rings is 1. The molecule has 0 unspecified atom stereocenters. The van der Waals surface area contributed by atoms with Gasteiger partial charge in [0.15, 0.2) is 0 Å². The zero-order chi connectivity index (χ0) is 19.5. The summed E-state index contributed by atoms with van der Waals surface area (Å²) in [7, 11) is 0. The number of amides is 2. The Morgan fingerprint density at radius 2 is 2.00 bits per heavy atom. The summed E-state index contributed by atoms with van der Waals surface area (Å²) in [5, 5.41) is 2.99. The number of rotatable bonds is 5. The van der Waals surface area contributed by atoms with Crippen LogP contribution in [0.4, 0.5) is 5.69 Å². The maximum absolute atomic E-state index is 12.6. The number of nitrogens with zero attached hydrogens (tertiary/aromatic N) is 3. The van der Waals surface area contributed by atoms with Crippen LogP contribution in [0.1, 0.15) is 12.0 Å². The van der Waals surface area contributed by atoms with Gasteiger partial charge in [-0.1, -0.05) is 42.5 Å². The van der Waals surface area contributed by atoms with Crippen LogP contribution in [-0.4, -0.2) is 34.0 Å². The van der Waals surface area contributed by atoms with E-state index < -0.39 is 0 Å². The number of nitrogens with one attached hydrogen (secondary N) is 1. The highest BCUT2D eigenvalue weighted by Crippen LogP contribution is 2.22. The molecule has 142 valence electrons. The number of hydrogen-bond acceptors (Lipinski definition) is 3. The van der Waals surface area contributed by atoms with Crippen LogP contribution in [0.3, 0.4) is 0 Å². The molecule has 1 aromatic heterocycles. The van der Waals surface area contributed by atoms with Gasteiger partial charge in [-0.15, -0.1) is 0 Å². The minimum Gasteiger partial charge on any atom is -0.349 e. The molecule has 1 aliphatic heterocycles. The van der Waals surface area contributed by atoms with Crippen LogP contribution in [0.2, 0.25) is 0 Å². The van der Waals surface area contributed by atoms with Crippen molar-refractivity contribution in [2.45, 2.75) is 25.9 Å². The summed E-state index contributed by atoms with van der Waals surface area (Å²) in [4.78, 5) is 31.1. The SMILES string of the molecule is Cc1cccc(N2C[C@@H](NC(=O)Cn3ccnc3-c3ccccc3)CC2=O)c1. The lowest BCUT2D eigenvalue weighted by molar-refractivity contribution is -0.122. The van der Waals surface area contributed by atoms with Crippen LogP contribution in [0.25, 0.3) is 11.4 Å². The molecule has 6 heteroatoms. The van der Waals surface area contributed by atoms with E-state index in [4.69, 9.17) is 0 Å². The first kappa shape index (κ1) is 18.0. The number of aromatic nitrogens is 2. The molecule has 3 aromatic rings. The molecule has 1 saturated heterocycles. The van der Waals surface area contributed by atoms with Gasteiger partial charge < -0.3 is 14.8 Å². The fourth-order valence-electron chi connectivity index (χ4n) is 3.56. The largest absolute Gasteiger partial charge is 0.349 e. The Kier molecular flexibility index (Phi) is 4.93. The molecule has 2 heterocycles. The third-order valence-electron chi connectivity index (χ3n) is 4.86. The van der Waals surface area contributed by atoms with E-state index in [1.807, 2.05) is 66.1 Å². The lowest BCUT2D eigenvalue weighted by Crippen LogP contribution is -2.39. The molecule has 6 nitrogen and oxygen atoms in total. The fourth-order valence-corrected chi connectivity index (χ4v) is 3.56. The van der Waals surface area contributed by atoms with Crippen LogP contribution in [0.5, 0.6) is 0 Å². The Bertz CT molecular complexity index is 997.